The normalized spacial score (nSPS) is 12.0. The van der Waals surface area contributed by atoms with E-state index in [-0.39, 0.29) is 5.65 Å². The molecule has 0 aliphatic heterocycles. The molecule has 0 fully saturated rings. The van der Waals surface area contributed by atoms with E-state index in [4.69, 9.17) is 5.73 Å². The van der Waals surface area contributed by atoms with Crippen molar-refractivity contribution in [2.75, 3.05) is 0 Å². The summed E-state index contributed by atoms with van der Waals surface area (Å²) in [4.78, 5) is 46.2. The van der Waals surface area contributed by atoms with Crippen molar-refractivity contribution < 1.29 is 4.79 Å². The highest BCUT2D eigenvalue weighted by Crippen LogP contribution is 2.17. The SMILES string of the molecule is CC(c1cccnc1)n1c(=O)c2cccnc2n(-c2ccc(C(N)=O)cc2)c1=O. The van der Waals surface area contributed by atoms with Gasteiger partial charge in [0.1, 0.15) is 0 Å². The number of carbonyl (C=O) groups excluding carboxylic acids is 1. The smallest absolute Gasteiger partial charge is 0.337 e. The Balaban J connectivity index is 2.03. The quantitative estimate of drug-likeness (QED) is 0.572. The number of fused-ring (bicyclic) bond motifs is 1. The van der Waals surface area contributed by atoms with Gasteiger partial charge in [0.2, 0.25) is 5.91 Å². The minimum absolute atomic E-state index is 0.240. The molecule has 29 heavy (non-hydrogen) atoms. The molecule has 3 aromatic heterocycles. The van der Waals surface area contributed by atoms with Crippen molar-refractivity contribution in [2.24, 2.45) is 5.73 Å². The molecule has 8 nitrogen and oxygen atoms in total. The highest BCUT2D eigenvalue weighted by molar-refractivity contribution is 5.93. The first-order valence-corrected chi connectivity index (χ1v) is 8.91. The maximum atomic E-state index is 13.4. The van der Waals surface area contributed by atoms with Crippen molar-refractivity contribution in [3.63, 3.8) is 0 Å². The van der Waals surface area contributed by atoms with Crippen LogP contribution < -0.4 is 17.0 Å². The van der Waals surface area contributed by atoms with E-state index in [1.54, 1.807) is 49.6 Å². The fourth-order valence-electron chi connectivity index (χ4n) is 3.28. The second-order valence-electron chi connectivity index (χ2n) is 6.54. The van der Waals surface area contributed by atoms with Crippen molar-refractivity contribution >= 4 is 16.9 Å². The van der Waals surface area contributed by atoms with Gasteiger partial charge in [-0.05, 0) is 55.0 Å². The van der Waals surface area contributed by atoms with Crippen LogP contribution in [-0.2, 0) is 0 Å². The third-order valence-electron chi connectivity index (χ3n) is 4.81. The molecule has 0 aliphatic rings. The van der Waals surface area contributed by atoms with Gasteiger partial charge < -0.3 is 5.73 Å². The molecular weight excluding hydrogens is 370 g/mol. The first-order valence-electron chi connectivity index (χ1n) is 8.91. The van der Waals surface area contributed by atoms with Crippen LogP contribution in [0.2, 0.25) is 0 Å². The molecular formula is C21H17N5O3. The Labute approximate surface area is 164 Å². The second-order valence-corrected chi connectivity index (χ2v) is 6.54. The van der Waals surface area contributed by atoms with Crippen molar-refractivity contribution in [3.8, 4) is 5.69 Å². The summed E-state index contributed by atoms with van der Waals surface area (Å²) in [6, 6.07) is 12.5. The highest BCUT2D eigenvalue weighted by Gasteiger charge is 2.20. The molecule has 0 saturated heterocycles. The van der Waals surface area contributed by atoms with Gasteiger partial charge in [-0.25, -0.2) is 14.3 Å². The molecule has 2 N–H and O–H groups in total. The molecule has 0 saturated carbocycles. The Morgan fingerprint density at radius 2 is 1.76 bits per heavy atom. The molecule has 1 amide bonds. The van der Waals surface area contributed by atoms with Crippen LogP contribution in [0.1, 0.15) is 28.9 Å². The maximum Gasteiger partial charge on any atom is 0.337 e. The van der Waals surface area contributed by atoms with Gasteiger partial charge in [-0.2, -0.15) is 0 Å². The molecule has 1 aromatic carbocycles. The van der Waals surface area contributed by atoms with Crippen LogP contribution in [0.25, 0.3) is 16.7 Å². The highest BCUT2D eigenvalue weighted by atomic mass is 16.2. The largest absolute Gasteiger partial charge is 0.366 e. The van der Waals surface area contributed by atoms with E-state index in [0.29, 0.717) is 16.6 Å². The fraction of sp³-hybridized carbons (Fsp3) is 0.0952. The average molecular weight is 387 g/mol. The molecule has 8 heteroatoms. The number of nitrogens with two attached hydrogens (primary N) is 1. The Hall–Kier alpha value is -4.07. The lowest BCUT2D eigenvalue weighted by atomic mass is 10.1. The lowest BCUT2D eigenvalue weighted by Crippen LogP contribution is -2.41. The molecule has 0 aliphatic carbocycles. The van der Waals surface area contributed by atoms with E-state index < -0.39 is 23.2 Å². The van der Waals surface area contributed by atoms with E-state index >= 15 is 0 Å². The van der Waals surface area contributed by atoms with E-state index in [0.717, 1.165) is 5.56 Å². The van der Waals surface area contributed by atoms with E-state index in [1.807, 2.05) is 6.07 Å². The van der Waals surface area contributed by atoms with Gasteiger partial charge in [0.25, 0.3) is 5.56 Å². The summed E-state index contributed by atoms with van der Waals surface area (Å²) in [5.41, 5.74) is 6.08. The summed E-state index contributed by atoms with van der Waals surface area (Å²) in [6.45, 7) is 1.77. The van der Waals surface area contributed by atoms with Crippen LogP contribution in [0.3, 0.4) is 0 Å². The number of nitrogens with zero attached hydrogens (tertiary/aromatic N) is 4. The third kappa shape index (κ3) is 3.10. The monoisotopic (exact) mass is 387 g/mol. The minimum Gasteiger partial charge on any atom is -0.366 e. The van der Waals surface area contributed by atoms with Gasteiger partial charge in [-0.3, -0.25) is 19.1 Å². The maximum absolute atomic E-state index is 13.4. The van der Waals surface area contributed by atoms with Crippen molar-refractivity contribution in [3.05, 3.63) is 99.1 Å². The standard InChI is InChI=1S/C21H17N5O3/c1-13(15-4-2-10-23-12-15)25-20(28)17-5-3-11-24-19(17)26(21(25)29)16-8-6-14(7-9-16)18(22)27/h2-13H,1H3,(H2,22,27). The number of primary amides is 1. The number of amides is 1. The summed E-state index contributed by atoms with van der Waals surface area (Å²) in [5, 5.41) is 0.307. The van der Waals surface area contributed by atoms with Gasteiger partial charge in [0, 0.05) is 24.2 Å². The minimum atomic E-state index is -0.568. The lowest BCUT2D eigenvalue weighted by molar-refractivity contribution is 0.100. The van der Waals surface area contributed by atoms with Crippen molar-refractivity contribution in [2.45, 2.75) is 13.0 Å². The van der Waals surface area contributed by atoms with Crippen LogP contribution >= 0.6 is 0 Å². The summed E-state index contributed by atoms with van der Waals surface area (Å²) < 4.78 is 2.54. The van der Waals surface area contributed by atoms with Crippen molar-refractivity contribution in [1.29, 1.82) is 0 Å². The number of carbonyl (C=O) groups is 1. The topological polar surface area (TPSA) is 113 Å². The van der Waals surface area contributed by atoms with E-state index in [2.05, 4.69) is 9.97 Å². The first kappa shape index (κ1) is 18.3. The third-order valence-corrected chi connectivity index (χ3v) is 4.81. The molecule has 0 radical (unpaired) electrons. The predicted molar refractivity (Wildman–Crippen MR) is 108 cm³/mol. The number of aromatic nitrogens is 4. The summed E-state index contributed by atoms with van der Waals surface area (Å²) in [5.74, 6) is -0.568. The Kier molecular flexibility index (Phi) is 4.52. The van der Waals surface area contributed by atoms with E-state index in [9.17, 15) is 14.4 Å². The lowest BCUT2D eigenvalue weighted by Gasteiger charge is -2.18. The zero-order valence-electron chi connectivity index (χ0n) is 15.5. The number of benzene rings is 1. The van der Waals surface area contributed by atoms with Crippen LogP contribution in [0.15, 0.2) is 76.7 Å². The molecule has 3 heterocycles. The average Bonchev–Trinajstić information content (AvgIpc) is 2.75. The van der Waals surface area contributed by atoms with Crippen LogP contribution in [-0.4, -0.2) is 25.0 Å². The van der Waals surface area contributed by atoms with Gasteiger partial charge in [-0.1, -0.05) is 6.07 Å². The molecule has 0 spiro atoms. The summed E-state index contributed by atoms with van der Waals surface area (Å²) >= 11 is 0. The molecule has 0 bridgehead atoms. The number of hydrogen-bond acceptors (Lipinski definition) is 5. The molecule has 144 valence electrons. The predicted octanol–water partition coefficient (Wildman–Crippen LogP) is 1.65. The van der Waals surface area contributed by atoms with Gasteiger partial charge in [0.05, 0.1) is 17.1 Å². The van der Waals surface area contributed by atoms with Crippen molar-refractivity contribution in [1.82, 2.24) is 19.1 Å². The van der Waals surface area contributed by atoms with Gasteiger partial charge in [0.15, 0.2) is 5.65 Å². The van der Waals surface area contributed by atoms with Crippen LogP contribution in [0.4, 0.5) is 0 Å². The molecule has 1 unspecified atom stereocenters. The summed E-state index contributed by atoms with van der Waals surface area (Å²) in [7, 11) is 0. The Bertz CT molecular complexity index is 1320. The second kappa shape index (κ2) is 7.16. The van der Waals surface area contributed by atoms with Crippen LogP contribution in [0, 0.1) is 0 Å². The number of rotatable bonds is 4. The fourth-order valence-corrected chi connectivity index (χ4v) is 3.28. The molecule has 1 atom stereocenters. The van der Waals surface area contributed by atoms with Gasteiger partial charge >= 0.3 is 5.69 Å². The van der Waals surface area contributed by atoms with Gasteiger partial charge in [-0.15, -0.1) is 0 Å². The van der Waals surface area contributed by atoms with Crippen LogP contribution in [0.5, 0.6) is 0 Å². The zero-order valence-corrected chi connectivity index (χ0v) is 15.5. The van der Waals surface area contributed by atoms with E-state index in [1.165, 1.54) is 27.5 Å². The Morgan fingerprint density at radius 3 is 2.41 bits per heavy atom. The molecule has 4 aromatic rings. The Morgan fingerprint density at radius 1 is 1.03 bits per heavy atom. The first-order chi connectivity index (χ1) is 14.0. The molecule has 4 rings (SSSR count). The zero-order chi connectivity index (χ0) is 20.5. The summed E-state index contributed by atoms with van der Waals surface area (Å²) in [6.07, 6.45) is 4.77. The number of hydrogen-bond donors (Lipinski definition) is 1. The number of pyridine rings is 2.